The lowest BCUT2D eigenvalue weighted by Gasteiger charge is -2.03. The number of ketones is 2. The minimum Gasteiger partial charge on any atom is -0.453 e. The molecule has 6 nitrogen and oxygen atoms in total. The Hall–Kier alpha value is -2.15. The van der Waals surface area contributed by atoms with E-state index in [0.29, 0.717) is 27.0 Å². The smallest absolute Gasteiger partial charge is 0.355 e. The van der Waals surface area contributed by atoms with E-state index in [1.807, 2.05) is 0 Å². The lowest BCUT2D eigenvalue weighted by atomic mass is 10.1. The van der Waals surface area contributed by atoms with Gasteiger partial charge in [-0.2, -0.15) is 0 Å². The molecule has 2 aromatic rings. The first kappa shape index (κ1) is 16.2. The van der Waals surface area contributed by atoms with Gasteiger partial charge in [-0.05, 0) is 48.3 Å². The number of esters is 1. The van der Waals surface area contributed by atoms with Crippen molar-refractivity contribution in [3.05, 3.63) is 44.9 Å². The number of H-pyrrole nitrogens is 2. The summed E-state index contributed by atoms with van der Waals surface area (Å²) < 4.78 is 5.69. The molecular formula is C15H15BrN2O4. The van der Waals surface area contributed by atoms with Crippen LogP contribution in [0.4, 0.5) is 0 Å². The highest BCUT2D eigenvalue weighted by Gasteiger charge is 2.21. The van der Waals surface area contributed by atoms with Crippen molar-refractivity contribution in [1.82, 2.24) is 9.97 Å². The van der Waals surface area contributed by atoms with E-state index in [2.05, 4.69) is 25.9 Å². The topological polar surface area (TPSA) is 92.0 Å². The molecule has 2 rings (SSSR count). The number of hydrogen-bond acceptors (Lipinski definition) is 4. The molecule has 0 bridgehead atoms. The average molecular weight is 367 g/mol. The van der Waals surface area contributed by atoms with Gasteiger partial charge < -0.3 is 14.7 Å². The maximum Gasteiger partial charge on any atom is 0.355 e. The number of rotatable bonds is 5. The third-order valence-electron chi connectivity index (χ3n) is 3.27. The SMILES string of the molecule is CC(=O)c1c(C)[nH]c(C(=O)COC(=O)c2cc(Br)c[nH]2)c1C. The molecule has 22 heavy (non-hydrogen) atoms. The second kappa shape index (κ2) is 6.31. The maximum absolute atomic E-state index is 12.2. The van der Waals surface area contributed by atoms with Crippen LogP contribution in [0.1, 0.15) is 49.5 Å². The van der Waals surface area contributed by atoms with E-state index in [0.717, 1.165) is 0 Å². The highest BCUT2D eigenvalue weighted by atomic mass is 79.9. The lowest BCUT2D eigenvalue weighted by molar-refractivity contribution is 0.0468. The molecule has 0 radical (unpaired) electrons. The van der Waals surface area contributed by atoms with Gasteiger partial charge in [-0.25, -0.2) is 4.79 Å². The van der Waals surface area contributed by atoms with E-state index in [-0.39, 0.29) is 17.3 Å². The van der Waals surface area contributed by atoms with Crippen molar-refractivity contribution in [2.24, 2.45) is 0 Å². The second-order valence-corrected chi connectivity index (χ2v) is 5.83. The Morgan fingerprint density at radius 2 is 1.95 bits per heavy atom. The number of carbonyl (C=O) groups excluding carboxylic acids is 3. The Balaban J connectivity index is 2.09. The molecule has 2 heterocycles. The molecule has 0 unspecified atom stereocenters. The summed E-state index contributed by atoms with van der Waals surface area (Å²) >= 11 is 3.21. The molecule has 0 spiro atoms. The van der Waals surface area contributed by atoms with E-state index in [9.17, 15) is 14.4 Å². The molecule has 2 aromatic heterocycles. The van der Waals surface area contributed by atoms with E-state index in [4.69, 9.17) is 4.74 Å². The van der Waals surface area contributed by atoms with Crippen LogP contribution in [0.5, 0.6) is 0 Å². The zero-order chi connectivity index (χ0) is 16.4. The minimum absolute atomic E-state index is 0.112. The summed E-state index contributed by atoms with van der Waals surface area (Å²) in [4.78, 5) is 41.1. The summed E-state index contributed by atoms with van der Waals surface area (Å²) in [7, 11) is 0. The summed E-state index contributed by atoms with van der Waals surface area (Å²) in [5, 5.41) is 0. The highest BCUT2D eigenvalue weighted by molar-refractivity contribution is 9.10. The van der Waals surface area contributed by atoms with Gasteiger partial charge in [0, 0.05) is 21.9 Å². The maximum atomic E-state index is 12.2. The van der Waals surface area contributed by atoms with Gasteiger partial charge in [0.15, 0.2) is 12.4 Å². The highest BCUT2D eigenvalue weighted by Crippen LogP contribution is 2.19. The van der Waals surface area contributed by atoms with Crippen molar-refractivity contribution in [1.29, 1.82) is 0 Å². The van der Waals surface area contributed by atoms with Gasteiger partial charge in [0.1, 0.15) is 5.69 Å². The number of carbonyl (C=O) groups is 3. The van der Waals surface area contributed by atoms with Crippen LogP contribution in [0.2, 0.25) is 0 Å². The fourth-order valence-corrected chi connectivity index (χ4v) is 2.67. The van der Waals surface area contributed by atoms with Crippen molar-refractivity contribution in [2.75, 3.05) is 6.61 Å². The molecule has 0 amide bonds. The quantitative estimate of drug-likeness (QED) is 0.628. The number of Topliss-reactive ketones (excluding diaryl/α,β-unsaturated/α-hetero) is 2. The predicted octanol–water partition coefficient (Wildman–Crippen LogP) is 2.96. The number of aromatic amines is 2. The third-order valence-corrected chi connectivity index (χ3v) is 3.73. The minimum atomic E-state index is -0.619. The molecular weight excluding hydrogens is 352 g/mol. The first-order valence-corrected chi connectivity index (χ1v) is 7.35. The largest absolute Gasteiger partial charge is 0.453 e. The van der Waals surface area contributed by atoms with Gasteiger partial charge in [0.2, 0.25) is 5.78 Å². The molecule has 0 aliphatic heterocycles. The van der Waals surface area contributed by atoms with Crippen molar-refractivity contribution in [3.8, 4) is 0 Å². The molecule has 7 heteroatoms. The van der Waals surface area contributed by atoms with Gasteiger partial charge in [-0.1, -0.05) is 0 Å². The fraction of sp³-hybridized carbons (Fsp3) is 0.267. The van der Waals surface area contributed by atoms with Gasteiger partial charge in [-0.15, -0.1) is 0 Å². The standard InChI is InChI=1S/C15H15BrN2O4/c1-7-13(9(3)19)8(2)18-14(7)12(20)6-22-15(21)11-4-10(16)5-17-11/h4-5,17-18H,6H2,1-3H3. The molecule has 0 saturated heterocycles. The number of aryl methyl sites for hydroxylation is 1. The number of ether oxygens (including phenoxy) is 1. The number of halogens is 1. The Kier molecular flexibility index (Phi) is 4.65. The Labute approximate surface area is 135 Å². The summed E-state index contributed by atoms with van der Waals surface area (Å²) in [6.07, 6.45) is 1.59. The van der Waals surface area contributed by atoms with Gasteiger partial charge in [-0.3, -0.25) is 9.59 Å². The van der Waals surface area contributed by atoms with Crippen LogP contribution < -0.4 is 0 Å². The van der Waals surface area contributed by atoms with Crippen LogP contribution in [0, 0.1) is 13.8 Å². The number of aromatic nitrogens is 2. The Morgan fingerprint density at radius 3 is 2.45 bits per heavy atom. The van der Waals surface area contributed by atoms with E-state index in [1.165, 1.54) is 6.92 Å². The van der Waals surface area contributed by atoms with Gasteiger partial charge >= 0.3 is 5.97 Å². The monoisotopic (exact) mass is 366 g/mol. The van der Waals surface area contributed by atoms with E-state index >= 15 is 0 Å². The normalized spacial score (nSPS) is 10.5. The van der Waals surface area contributed by atoms with Crippen molar-refractivity contribution < 1.29 is 19.1 Å². The zero-order valence-corrected chi connectivity index (χ0v) is 14.0. The van der Waals surface area contributed by atoms with Gasteiger partial charge in [0.05, 0.1) is 5.69 Å². The predicted molar refractivity (Wildman–Crippen MR) is 83.4 cm³/mol. The Bertz CT molecular complexity index is 758. The summed E-state index contributed by atoms with van der Waals surface area (Å²) in [6.45, 7) is 4.47. The summed E-state index contributed by atoms with van der Waals surface area (Å²) in [5.74, 6) is -1.11. The van der Waals surface area contributed by atoms with Crippen LogP contribution in [0.25, 0.3) is 0 Å². The summed E-state index contributed by atoms with van der Waals surface area (Å²) in [6, 6.07) is 1.56. The molecule has 0 atom stereocenters. The molecule has 0 aliphatic rings. The van der Waals surface area contributed by atoms with Gasteiger partial charge in [0.25, 0.3) is 0 Å². The third kappa shape index (κ3) is 3.19. The molecule has 0 aromatic carbocycles. The molecule has 0 saturated carbocycles. The summed E-state index contributed by atoms with van der Waals surface area (Å²) in [5.41, 5.74) is 2.26. The molecule has 116 valence electrons. The lowest BCUT2D eigenvalue weighted by Crippen LogP contribution is -2.15. The Morgan fingerprint density at radius 1 is 1.27 bits per heavy atom. The number of nitrogens with one attached hydrogen (secondary N) is 2. The number of hydrogen-bond donors (Lipinski definition) is 2. The van der Waals surface area contributed by atoms with Crippen LogP contribution in [0.3, 0.4) is 0 Å². The zero-order valence-electron chi connectivity index (χ0n) is 12.4. The van der Waals surface area contributed by atoms with Crippen molar-refractivity contribution in [3.63, 3.8) is 0 Å². The van der Waals surface area contributed by atoms with E-state index < -0.39 is 12.6 Å². The van der Waals surface area contributed by atoms with Crippen LogP contribution in [-0.4, -0.2) is 34.1 Å². The first-order chi connectivity index (χ1) is 10.3. The van der Waals surface area contributed by atoms with Crippen LogP contribution >= 0.6 is 15.9 Å². The molecule has 0 fully saturated rings. The second-order valence-electron chi connectivity index (χ2n) is 4.91. The van der Waals surface area contributed by atoms with Crippen molar-refractivity contribution in [2.45, 2.75) is 20.8 Å². The molecule has 0 aliphatic carbocycles. The fourth-order valence-electron chi connectivity index (χ4n) is 2.32. The van der Waals surface area contributed by atoms with Crippen molar-refractivity contribution >= 4 is 33.5 Å². The van der Waals surface area contributed by atoms with Crippen LogP contribution in [-0.2, 0) is 4.74 Å². The first-order valence-electron chi connectivity index (χ1n) is 6.55. The van der Waals surface area contributed by atoms with Crippen LogP contribution in [0.15, 0.2) is 16.7 Å². The molecule has 2 N–H and O–H groups in total. The van der Waals surface area contributed by atoms with E-state index in [1.54, 1.807) is 26.1 Å². The average Bonchev–Trinajstić information content (AvgIpc) is 2.99.